The minimum absolute atomic E-state index is 0.333. The molecule has 1 aromatic heterocycles. The molecule has 0 aromatic carbocycles. The third-order valence-corrected chi connectivity index (χ3v) is 0.768. The van der Waals surface area contributed by atoms with Crippen molar-refractivity contribution in [3.8, 4) is 0 Å². The normalized spacial score (nSPS) is 9.00. The van der Waals surface area contributed by atoms with Crippen LogP contribution >= 0.6 is 0 Å². The topological polar surface area (TPSA) is 90.9 Å². The fourth-order valence-electron chi connectivity index (χ4n) is 0.379. The average molecular weight is 111 g/mol. The molecule has 42 valence electrons. The Morgan fingerprint density at radius 2 is 2.62 bits per heavy atom. The number of nitrogen functional groups attached to an aromatic ring is 1. The summed E-state index contributed by atoms with van der Waals surface area (Å²) < 4.78 is 0. The predicted molar refractivity (Wildman–Crippen MR) is 27.8 cm³/mol. The van der Waals surface area contributed by atoms with E-state index in [2.05, 4.69) is 15.3 Å². The maximum atomic E-state index is 6.49. The van der Waals surface area contributed by atoms with E-state index in [0.29, 0.717) is 11.5 Å². The summed E-state index contributed by atoms with van der Waals surface area (Å²) in [5, 5.41) is 9.02. The highest BCUT2D eigenvalue weighted by molar-refractivity contribution is 5.54. The van der Waals surface area contributed by atoms with E-state index in [0.717, 1.165) is 0 Å². The monoisotopic (exact) mass is 111 g/mol. The maximum absolute atomic E-state index is 6.49. The summed E-state index contributed by atoms with van der Waals surface area (Å²) in [5.74, 6) is 0.333. The van der Waals surface area contributed by atoms with Crippen LogP contribution in [0.4, 0.5) is 11.5 Å². The molecule has 5 nitrogen and oxygen atoms in total. The van der Waals surface area contributed by atoms with Crippen LogP contribution in [0.3, 0.4) is 0 Å². The standard InChI is InChI=1S/C3H5N5/c4-3-2(7-5)1-6-8-3/h1,5H,(H3,4,6,8). The minimum Gasteiger partial charge on any atom is -0.382 e. The first kappa shape index (κ1) is 4.76. The third kappa shape index (κ3) is 0.534. The van der Waals surface area contributed by atoms with Crippen molar-refractivity contribution in [2.45, 2.75) is 0 Å². The van der Waals surface area contributed by atoms with E-state index < -0.39 is 0 Å². The Labute approximate surface area is 45.4 Å². The summed E-state index contributed by atoms with van der Waals surface area (Å²) in [6.07, 6.45) is 1.39. The maximum Gasteiger partial charge on any atom is 0.147 e. The van der Waals surface area contributed by atoms with Crippen molar-refractivity contribution in [2.24, 2.45) is 5.11 Å². The highest BCUT2D eigenvalue weighted by atomic mass is 15.2. The largest absolute Gasteiger partial charge is 0.382 e. The molecule has 1 rings (SSSR count). The van der Waals surface area contributed by atoms with Gasteiger partial charge in [-0.25, -0.2) is 5.53 Å². The molecule has 5 heteroatoms. The molecule has 1 aromatic rings. The second kappa shape index (κ2) is 1.61. The fourth-order valence-corrected chi connectivity index (χ4v) is 0.379. The number of nitrogens with one attached hydrogen (secondary N) is 2. The zero-order chi connectivity index (χ0) is 5.98. The van der Waals surface area contributed by atoms with Crippen LogP contribution < -0.4 is 5.73 Å². The quantitative estimate of drug-likeness (QED) is 0.464. The lowest BCUT2D eigenvalue weighted by molar-refractivity contribution is 1.10. The van der Waals surface area contributed by atoms with Gasteiger partial charge in [0.05, 0.1) is 6.20 Å². The highest BCUT2D eigenvalue weighted by Gasteiger charge is 1.94. The molecule has 0 aliphatic carbocycles. The Hall–Kier alpha value is -1.39. The summed E-state index contributed by atoms with van der Waals surface area (Å²) in [5.41, 5.74) is 12.1. The summed E-state index contributed by atoms with van der Waals surface area (Å²) in [6, 6.07) is 0. The molecule has 0 saturated heterocycles. The number of hydrogen-bond donors (Lipinski definition) is 3. The molecule has 0 aliphatic heterocycles. The van der Waals surface area contributed by atoms with Crippen molar-refractivity contribution in [3.05, 3.63) is 6.20 Å². The zero-order valence-electron chi connectivity index (χ0n) is 4.05. The third-order valence-electron chi connectivity index (χ3n) is 0.768. The van der Waals surface area contributed by atoms with Crippen molar-refractivity contribution >= 4 is 11.5 Å². The molecule has 0 fully saturated rings. The molecule has 0 saturated carbocycles. The van der Waals surface area contributed by atoms with E-state index in [1.54, 1.807) is 0 Å². The Kier molecular flexibility index (Phi) is 0.957. The molecule has 8 heavy (non-hydrogen) atoms. The van der Waals surface area contributed by atoms with E-state index in [-0.39, 0.29) is 0 Å². The second-order valence-electron chi connectivity index (χ2n) is 1.28. The molecular weight excluding hydrogens is 106 g/mol. The first-order chi connectivity index (χ1) is 3.84. The lowest BCUT2D eigenvalue weighted by Gasteiger charge is -1.80. The van der Waals surface area contributed by atoms with Crippen LogP contribution in [0, 0.1) is 5.53 Å². The lowest BCUT2D eigenvalue weighted by atomic mass is 10.5. The van der Waals surface area contributed by atoms with Crippen molar-refractivity contribution < 1.29 is 0 Å². The van der Waals surface area contributed by atoms with Crippen LogP contribution in [0.15, 0.2) is 11.3 Å². The highest BCUT2D eigenvalue weighted by Crippen LogP contribution is 2.15. The van der Waals surface area contributed by atoms with Gasteiger partial charge >= 0.3 is 0 Å². The van der Waals surface area contributed by atoms with Gasteiger partial charge in [0.2, 0.25) is 0 Å². The molecule has 0 radical (unpaired) electrons. The van der Waals surface area contributed by atoms with E-state index in [1.165, 1.54) is 6.20 Å². The molecule has 0 spiro atoms. The van der Waals surface area contributed by atoms with Crippen LogP contribution in [-0.2, 0) is 0 Å². The average Bonchev–Trinajstić information content (AvgIpc) is 2.14. The Balaban J connectivity index is 3.09. The molecule has 0 aliphatic rings. The van der Waals surface area contributed by atoms with Crippen LogP contribution in [-0.4, -0.2) is 10.2 Å². The lowest BCUT2D eigenvalue weighted by Crippen LogP contribution is -1.82. The first-order valence-electron chi connectivity index (χ1n) is 2.01. The van der Waals surface area contributed by atoms with Gasteiger partial charge in [0.15, 0.2) is 0 Å². The number of hydrogen-bond acceptors (Lipinski definition) is 4. The number of nitrogens with zero attached hydrogens (tertiary/aromatic N) is 2. The molecule has 4 N–H and O–H groups in total. The van der Waals surface area contributed by atoms with Crippen molar-refractivity contribution in [1.29, 1.82) is 5.53 Å². The molecule has 0 atom stereocenters. The fraction of sp³-hybridized carbons (Fsp3) is 0. The number of aromatic amines is 1. The molecule has 1 heterocycles. The Bertz CT molecular complexity index is 189. The Morgan fingerprint density at radius 3 is 2.88 bits per heavy atom. The van der Waals surface area contributed by atoms with E-state index in [1.807, 2.05) is 0 Å². The predicted octanol–water partition coefficient (Wildman–Crippen LogP) is 0.654. The smallest absolute Gasteiger partial charge is 0.147 e. The number of H-pyrrole nitrogens is 1. The number of nitrogens with two attached hydrogens (primary N) is 1. The zero-order valence-corrected chi connectivity index (χ0v) is 4.05. The van der Waals surface area contributed by atoms with Crippen LogP contribution in [0.1, 0.15) is 0 Å². The molecule has 0 bridgehead atoms. The minimum atomic E-state index is 0.333. The summed E-state index contributed by atoms with van der Waals surface area (Å²) >= 11 is 0. The summed E-state index contributed by atoms with van der Waals surface area (Å²) in [6.45, 7) is 0. The van der Waals surface area contributed by atoms with Gasteiger partial charge in [-0.2, -0.15) is 10.2 Å². The van der Waals surface area contributed by atoms with Crippen LogP contribution in [0.2, 0.25) is 0 Å². The molecular formula is C3H5N5. The van der Waals surface area contributed by atoms with Gasteiger partial charge < -0.3 is 5.73 Å². The second-order valence-corrected chi connectivity index (χ2v) is 1.28. The van der Waals surface area contributed by atoms with Crippen LogP contribution in [0.25, 0.3) is 0 Å². The molecule has 0 unspecified atom stereocenters. The van der Waals surface area contributed by atoms with Gasteiger partial charge in [0.1, 0.15) is 11.5 Å². The van der Waals surface area contributed by atoms with Crippen LogP contribution in [0.5, 0.6) is 0 Å². The van der Waals surface area contributed by atoms with Gasteiger partial charge in [-0.1, -0.05) is 0 Å². The van der Waals surface area contributed by atoms with Crippen molar-refractivity contribution in [2.75, 3.05) is 5.73 Å². The summed E-state index contributed by atoms with van der Waals surface area (Å²) in [4.78, 5) is 0. The van der Waals surface area contributed by atoms with Crippen molar-refractivity contribution in [1.82, 2.24) is 10.2 Å². The van der Waals surface area contributed by atoms with Gasteiger partial charge in [-0.15, -0.1) is 0 Å². The number of aromatic nitrogens is 2. The van der Waals surface area contributed by atoms with E-state index in [9.17, 15) is 0 Å². The van der Waals surface area contributed by atoms with E-state index in [4.69, 9.17) is 11.3 Å². The Morgan fingerprint density at radius 1 is 1.88 bits per heavy atom. The first-order valence-corrected chi connectivity index (χ1v) is 2.01. The SMILES string of the molecule is N=Nc1cn[nH]c1N. The van der Waals surface area contributed by atoms with Gasteiger partial charge in [-0.3, -0.25) is 5.10 Å². The van der Waals surface area contributed by atoms with E-state index >= 15 is 0 Å². The van der Waals surface area contributed by atoms with Gasteiger partial charge in [-0.05, 0) is 0 Å². The van der Waals surface area contributed by atoms with Crippen molar-refractivity contribution in [3.63, 3.8) is 0 Å². The number of anilines is 1. The molecule has 0 amide bonds. The van der Waals surface area contributed by atoms with Gasteiger partial charge in [0, 0.05) is 0 Å². The summed E-state index contributed by atoms with van der Waals surface area (Å²) in [7, 11) is 0. The number of rotatable bonds is 1. The van der Waals surface area contributed by atoms with Gasteiger partial charge in [0.25, 0.3) is 0 Å².